The van der Waals surface area contributed by atoms with Crippen LogP contribution in [-0.2, 0) is 0 Å². The van der Waals surface area contributed by atoms with Gasteiger partial charge in [-0.15, -0.1) is 0 Å². The average Bonchev–Trinajstić information content (AvgIpc) is 2.97. The topological polar surface area (TPSA) is 105 Å². The lowest BCUT2D eigenvalue weighted by Gasteiger charge is -2.05. The van der Waals surface area contributed by atoms with Gasteiger partial charge >= 0.3 is 0 Å². The maximum atomic E-state index is 6.11. The van der Waals surface area contributed by atoms with E-state index in [4.69, 9.17) is 11.6 Å². The number of aromatic nitrogens is 7. The number of anilines is 2. The summed E-state index contributed by atoms with van der Waals surface area (Å²) in [6.45, 7) is 1.96. The molecule has 0 aliphatic rings. The number of fused-ring (bicyclic) bond motifs is 1. The highest BCUT2D eigenvalue weighted by Crippen LogP contribution is 2.23. The van der Waals surface area contributed by atoms with E-state index in [-0.39, 0.29) is 0 Å². The van der Waals surface area contributed by atoms with Gasteiger partial charge in [-0.25, -0.2) is 19.9 Å². The fourth-order valence-corrected chi connectivity index (χ4v) is 2.61. The minimum absolute atomic E-state index is 0.365. The number of aromatic amines is 1. The molecule has 4 aromatic rings. The van der Waals surface area contributed by atoms with E-state index in [2.05, 4.69) is 40.4 Å². The van der Waals surface area contributed by atoms with E-state index < -0.39 is 0 Å². The molecule has 0 bridgehead atoms. The van der Waals surface area contributed by atoms with Gasteiger partial charge in [-0.3, -0.25) is 5.10 Å². The Balaban J connectivity index is 1.70. The summed E-state index contributed by atoms with van der Waals surface area (Å²) in [7, 11) is 0. The number of benzene rings is 1. The first kappa shape index (κ1) is 14.5. The molecule has 2 N–H and O–H groups in total. The van der Waals surface area contributed by atoms with E-state index in [9.17, 15) is 0 Å². The quantitative estimate of drug-likeness (QED) is 0.591. The summed E-state index contributed by atoms with van der Waals surface area (Å²) in [6, 6.07) is 5.65. The maximum Gasteiger partial charge on any atom is 0.232 e. The molecule has 0 saturated heterocycles. The zero-order chi connectivity index (χ0) is 16.5. The van der Waals surface area contributed by atoms with Crippen molar-refractivity contribution in [3.05, 3.63) is 47.6 Å². The number of hydrogen-bond acceptors (Lipinski definition) is 7. The number of rotatable bonds is 3. The molecule has 4 rings (SSSR count). The van der Waals surface area contributed by atoms with Crippen LogP contribution in [0.2, 0.25) is 5.02 Å². The Morgan fingerprint density at radius 3 is 2.88 bits per heavy atom. The smallest absolute Gasteiger partial charge is 0.232 e. The largest absolute Gasteiger partial charge is 0.305 e. The molecule has 0 aliphatic carbocycles. The van der Waals surface area contributed by atoms with Crippen molar-refractivity contribution >= 4 is 34.4 Å². The van der Waals surface area contributed by atoms with Crippen molar-refractivity contribution < 1.29 is 0 Å². The van der Waals surface area contributed by atoms with Crippen LogP contribution >= 0.6 is 11.6 Å². The van der Waals surface area contributed by atoms with Gasteiger partial charge in [-0.1, -0.05) is 11.6 Å². The van der Waals surface area contributed by atoms with E-state index in [1.807, 2.05) is 25.1 Å². The Bertz CT molecular complexity index is 1010. The van der Waals surface area contributed by atoms with Crippen molar-refractivity contribution in [2.24, 2.45) is 0 Å². The summed E-state index contributed by atoms with van der Waals surface area (Å²) in [4.78, 5) is 20.9. The molecule has 0 spiro atoms. The van der Waals surface area contributed by atoms with Crippen LogP contribution in [0.25, 0.3) is 22.4 Å². The van der Waals surface area contributed by atoms with Crippen molar-refractivity contribution in [3.63, 3.8) is 0 Å². The number of H-pyrrole nitrogens is 1. The van der Waals surface area contributed by atoms with Gasteiger partial charge in [0.05, 0.1) is 6.20 Å². The highest BCUT2D eigenvalue weighted by molar-refractivity contribution is 6.30. The Labute approximate surface area is 141 Å². The van der Waals surface area contributed by atoms with Crippen LogP contribution in [-0.4, -0.2) is 35.1 Å². The third-order valence-electron chi connectivity index (χ3n) is 3.33. The summed E-state index contributed by atoms with van der Waals surface area (Å²) in [5, 5.41) is 10.7. The number of halogens is 1. The van der Waals surface area contributed by atoms with Crippen molar-refractivity contribution in [1.82, 2.24) is 35.1 Å². The van der Waals surface area contributed by atoms with E-state index >= 15 is 0 Å². The first-order chi connectivity index (χ1) is 11.7. The summed E-state index contributed by atoms with van der Waals surface area (Å²) >= 11 is 6.11. The molecule has 0 fully saturated rings. The van der Waals surface area contributed by atoms with Crippen molar-refractivity contribution in [2.75, 3.05) is 5.32 Å². The van der Waals surface area contributed by atoms with E-state index in [1.54, 1.807) is 6.20 Å². The van der Waals surface area contributed by atoms with Gasteiger partial charge in [-0.2, -0.15) is 10.1 Å². The van der Waals surface area contributed by atoms with Gasteiger partial charge in [-0.05, 0) is 30.7 Å². The standard InChI is InChI=1S/C15H11ClN8/c1-8-2-9(4-10(16)3-8)13-19-7-20-15(21-13)22-14-12-11(23-24-14)5-17-6-18-12/h2-7H,1H3,(H2,19,20,21,22,23,24). The summed E-state index contributed by atoms with van der Waals surface area (Å²) < 4.78 is 0. The van der Waals surface area contributed by atoms with E-state index in [0.717, 1.165) is 16.6 Å². The SMILES string of the molecule is Cc1cc(Cl)cc(-c2ncnc(Nc3n[nH]c4cncnc34)n2)c1. The molecule has 0 unspecified atom stereocenters. The predicted octanol–water partition coefficient (Wildman–Crippen LogP) is 2.91. The number of nitrogens with one attached hydrogen (secondary N) is 2. The van der Waals surface area contributed by atoms with Gasteiger partial charge < -0.3 is 5.32 Å². The Hall–Kier alpha value is -3.13. The second-order valence-electron chi connectivity index (χ2n) is 5.13. The van der Waals surface area contributed by atoms with Crippen LogP contribution in [0.15, 0.2) is 37.1 Å². The van der Waals surface area contributed by atoms with Gasteiger partial charge in [0.1, 0.15) is 23.7 Å². The molecule has 3 heterocycles. The number of hydrogen-bond donors (Lipinski definition) is 2. The van der Waals surface area contributed by atoms with Gasteiger partial charge in [0, 0.05) is 10.6 Å². The first-order valence-electron chi connectivity index (χ1n) is 7.07. The molecule has 9 heteroatoms. The second-order valence-corrected chi connectivity index (χ2v) is 5.57. The van der Waals surface area contributed by atoms with Crippen LogP contribution in [0.4, 0.5) is 11.8 Å². The third kappa shape index (κ3) is 2.74. The predicted molar refractivity (Wildman–Crippen MR) is 90.0 cm³/mol. The van der Waals surface area contributed by atoms with Crippen LogP contribution in [0, 0.1) is 6.92 Å². The molecule has 0 atom stereocenters. The molecule has 3 aromatic heterocycles. The van der Waals surface area contributed by atoms with Crippen LogP contribution < -0.4 is 5.32 Å². The molecular formula is C15H11ClN8. The fourth-order valence-electron chi connectivity index (χ4n) is 2.32. The normalized spacial score (nSPS) is 10.9. The lowest BCUT2D eigenvalue weighted by Crippen LogP contribution is -2.01. The van der Waals surface area contributed by atoms with Crippen LogP contribution in [0.1, 0.15) is 5.56 Å². The van der Waals surface area contributed by atoms with Crippen molar-refractivity contribution in [1.29, 1.82) is 0 Å². The number of aryl methyl sites for hydroxylation is 1. The molecule has 24 heavy (non-hydrogen) atoms. The molecule has 8 nitrogen and oxygen atoms in total. The van der Waals surface area contributed by atoms with E-state index in [0.29, 0.717) is 28.1 Å². The molecule has 0 amide bonds. The monoisotopic (exact) mass is 338 g/mol. The Morgan fingerprint density at radius 1 is 1.08 bits per heavy atom. The van der Waals surface area contributed by atoms with E-state index in [1.165, 1.54) is 12.7 Å². The van der Waals surface area contributed by atoms with Gasteiger partial charge in [0.2, 0.25) is 5.95 Å². The molecule has 0 radical (unpaired) electrons. The average molecular weight is 339 g/mol. The summed E-state index contributed by atoms with van der Waals surface area (Å²) in [6.07, 6.45) is 4.54. The highest BCUT2D eigenvalue weighted by atomic mass is 35.5. The van der Waals surface area contributed by atoms with Crippen molar-refractivity contribution in [2.45, 2.75) is 6.92 Å². The van der Waals surface area contributed by atoms with Gasteiger partial charge in [0.25, 0.3) is 0 Å². The zero-order valence-corrected chi connectivity index (χ0v) is 13.3. The van der Waals surface area contributed by atoms with Crippen molar-refractivity contribution in [3.8, 4) is 11.4 Å². The second kappa shape index (κ2) is 5.82. The third-order valence-corrected chi connectivity index (χ3v) is 3.55. The molecule has 1 aromatic carbocycles. The first-order valence-corrected chi connectivity index (χ1v) is 7.44. The molecule has 0 aliphatic heterocycles. The minimum atomic E-state index is 0.365. The molecular weight excluding hydrogens is 328 g/mol. The Kier molecular flexibility index (Phi) is 3.51. The summed E-state index contributed by atoms with van der Waals surface area (Å²) in [5.74, 6) is 1.41. The van der Waals surface area contributed by atoms with Crippen LogP contribution in [0.3, 0.4) is 0 Å². The lowest BCUT2D eigenvalue weighted by atomic mass is 10.1. The zero-order valence-electron chi connectivity index (χ0n) is 12.5. The minimum Gasteiger partial charge on any atom is -0.305 e. The molecule has 0 saturated carbocycles. The maximum absolute atomic E-state index is 6.11. The highest BCUT2D eigenvalue weighted by Gasteiger charge is 2.10. The van der Waals surface area contributed by atoms with Crippen LogP contribution in [0.5, 0.6) is 0 Å². The Morgan fingerprint density at radius 2 is 2.00 bits per heavy atom. The summed E-state index contributed by atoms with van der Waals surface area (Å²) in [5.41, 5.74) is 3.23. The molecule has 118 valence electrons. The lowest BCUT2D eigenvalue weighted by molar-refractivity contribution is 1.05. The van der Waals surface area contributed by atoms with Gasteiger partial charge in [0.15, 0.2) is 11.6 Å². The fraction of sp³-hybridized carbons (Fsp3) is 0.0667. The number of nitrogens with zero attached hydrogens (tertiary/aromatic N) is 6.